The predicted octanol–water partition coefficient (Wildman–Crippen LogP) is 5.84. The molecule has 4 aromatic rings. The van der Waals surface area contributed by atoms with Gasteiger partial charge in [-0.15, -0.1) is 0 Å². The fourth-order valence-electron chi connectivity index (χ4n) is 3.22. The number of nitrogens with zero attached hydrogens (tertiary/aromatic N) is 2. The monoisotopic (exact) mass is 443 g/mol. The van der Waals surface area contributed by atoms with Gasteiger partial charge in [0.25, 0.3) is 11.8 Å². The Morgan fingerprint density at radius 2 is 1.82 bits per heavy atom. The van der Waals surface area contributed by atoms with E-state index < -0.39 is 0 Å². The lowest BCUT2D eigenvalue weighted by molar-refractivity contribution is 0.102. The number of carbonyl (C=O) groups excluding carboxylic acids is 1. The first-order valence-corrected chi connectivity index (χ1v) is 10.8. The van der Waals surface area contributed by atoms with E-state index in [4.69, 9.17) is 14.0 Å². The quantitative estimate of drug-likeness (QED) is 0.327. The second-order valence-corrected chi connectivity index (χ2v) is 7.38. The highest BCUT2D eigenvalue weighted by atomic mass is 16.5. The number of unbranched alkanes of at least 4 members (excludes halogenated alkanes) is 1. The number of hydrogen-bond donors (Lipinski definition) is 1. The van der Waals surface area contributed by atoms with Gasteiger partial charge >= 0.3 is 0 Å². The van der Waals surface area contributed by atoms with Crippen LogP contribution in [0.15, 0.2) is 77.3 Å². The molecule has 7 nitrogen and oxygen atoms in total. The lowest BCUT2D eigenvalue weighted by Crippen LogP contribution is -2.13. The molecule has 0 saturated heterocycles. The van der Waals surface area contributed by atoms with Gasteiger partial charge < -0.3 is 19.3 Å². The number of benzene rings is 3. The van der Waals surface area contributed by atoms with Gasteiger partial charge in [0.15, 0.2) is 0 Å². The molecule has 0 radical (unpaired) electrons. The molecule has 1 N–H and O–H groups in total. The Morgan fingerprint density at radius 1 is 1.00 bits per heavy atom. The molecule has 33 heavy (non-hydrogen) atoms. The Morgan fingerprint density at radius 3 is 2.61 bits per heavy atom. The van der Waals surface area contributed by atoms with Crippen LogP contribution in [-0.4, -0.2) is 29.8 Å². The fraction of sp³-hybridized carbons (Fsp3) is 0.192. The summed E-state index contributed by atoms with van der Waals surface area (Å²) >= 11 is 0. The Balaban J connectivity index is 1.53. The van der Waals surface area contributed by atoms with Crippen molar-refractivity contribution in [1.29, 1.82) is 0 Å². The topological polar surface area (TPSA) is 86.5 Å². The van der Waals surface area contributed by atoms with Crippen molar-refractivity contribution in [2.75, 3.05) is 19.0 Å². The Kier molecular flexibility index (Phi) is 6.99. The van der Waals surface area contributed by atoms with Gasteiger partial charge in [-0.25, -0.2) is 0 Å². The maximum atomic E-state index is 12.9. The molecule has 168 valence electrons. The van der Waals surface area contributed by atoms with Gasteiger partial charge in [-0.05, 0) is 61.0 Å². The number of amides is 1. The van der Waals surface area contributed by atoms with Gasteiger partial charge in [0.2, 0.25) is 5.82 Å². The van der Waals surface area contributed by atoms with E-state index in [1.165, 1.54) is 0 Å². The molecule has 3 aromatic carbocycles. The van der Waals surface area contributed by atoms with E-state index in [-0.39, 0.29) is 5.91 Å². The largest absolute Gasteiger partial charge is 0.497 e. The summed E-state index contributed by atoms with van der Waals surface area (Å²) in [4.78, 5) is 17.4. The fourth-order valence-corrected chi connectivity index (χ4v) is 3.22. The minimum absolute atomic E-state index is 0.252. The summed E-state index contributed by atoms with van der Waals surface area (Å²) in [5.41, 5.74) is 2.51. The number of hydrogen-bond acceptors (Lipinski definition) is 6. The maximum absolute atomic E-state index is 12.9. The molecular formula is C26H25N3O4. The van der Waals surface area contributed by atoms with Crippen molar-refractivity contribution >= 4 is 11.6 Å². The zero-order valence-electron chi connectivity index (χ0n) is 18.6. The van der Waals surface area contributed by atoms with Crippen molar-refractivity contribution in [2.24, 2.45) is 0 Å². The molecule has 1 heterocycles. The Labute approximate surface area is 192 Å². The lowest BCUT2D eigenvalue weighted by atomic mass is 10.1. The third-order valence-corrected chi connectivity index (χ3v) is 5.04. The first-order chi connectivity index (χ1) is 16.2. The first-order valence-electron chi connectivity index (χ1n) is 10.8. The summed E-state index contributed by atoms with van der Waals surface area (Å²) in [5, 5.41) is 7.03. The van der Waals surface area contributed by atoms with E-state index in [0.29, 0.717) is 40.9 Å². The molecule has 4 rings (SSSR count). The number of para-hydroxylation sites is 1. The molecule has 0 unspecified atom stereocenters. The summed E-state index contributed by atoms with van der Waals surface area (Å²) in [6.07, 6.45) is 2.01. The molecule has 0 fully saturated rings. The molecule has 0 bridgehead atoms. The van der Waals surface area contributed by atoms with Gasteiger partial charge in [-0.1, -0.05) is 36.7 Å². The Bertz CT molecular complexity index is 1220. The molecule has 7 heteroatoms. The van der Waals surface area contributed by atoms with Crippen LogP contribution in [-0.2, 0) is 0 Å². The highest BCUT2D eigenvalue weighted by Gasteiger charge is 2.16. The van der Waals surface area contributed by atoms with Crippen molar-refractivity contribution < 1.29 is 18.8 Å². The zero-order chi connectivity index (χ0) is 23.0. The number of aromatic nitrogens is 2. The maximum Gasteiger partial charge on any atom is 0.260 e. The zero-order valence-corrected chi connectivity index (χ0v) is 18.6. The third kappa shape index (κ3) is 5.38. The smallest absolute Gasteiger partial charge is 0.260 e. The van der Waals surface area contributed by atoms with Crippen LogP contribution in [0.1, 0.15) is 30.1 Å². The molecule has 0 spiro atoms. The van der Waals surface area contributed by atoms with Crippen molar-refractivity contribution in [3.05, 3.63) is 78.4 Å². The van der Waals surface area contributed by atoms with Gasteiger partial charge in [-0.3, -0.25) is 4.79 Å². The van der Waals surface area contributed by atoms with E-state index in [0.717, 1.165) is 24.2 Å². The van der Waals surface area contributed by atoms with Crippen molar-refractivity contribution in [3.8, 4) is 34.3 Å². The molecule has 0 aliphatic rings. The Hall–Kier alpha value is -4.13. The van der Waals surface area contributed by atoms with Crippen LogP contribution in [0.5, 0.6) is 11.5 Å². The van der Waals surface area contributed by atoms with Crippen LogP contribution in [0.4, 0.5) is 5.69 Å². The highest BCUT2D eigenvalue weighted by Crippen LogP contribution is 2.29. The number of rotatable bonds is 9. The summed E-state index contributed by atoms with van der Waals surface area (Å²) in [7, 11) is 1.61. The van der Waals surface area contributed by atoms with Crippen LogP contribution in [0.3, 0.4) is 0 Å². The van der Waals surface area contributed by atoms with Crippen LogP contribution in [0.25, 0.3) is 22.8 Å². The number of ether oxygens (including phenoxy) is 2. The van der Waals surface area contributed by atoms with E-state index in [1.807, 2.05) is 48.5 Å². The summed E-state index contributed by atoms with van der Waals surface area (Å²) in [6.45, 7) is 2.73. The lowest BCUT2D eigenvalue weighted by Gasteiger charge is -2.10. The van der Waals surface area contributed by atoms with Crippen LogP contribution >= 0.6 is 0 Å². The molecule has 1 aromatic heterocycles. The minimum atomic E-state index is -0.252. The van der Waals surface area contributed by atoms with E-state index in [2.05, 4.69) is 22.4 Å². The third-order valence-electron chi connectivity index (χ3n) is 5.04. The number of nitrogens with one attached hydrogen (secondary N) is 1. The normalized spacial score (nSPS) is 10.6. The standard InChI is InChI=1S/C26H25N3O4/c1-3-4-16-32-21-9-7-8-19(17-21)25(30)27-23-11-6-5-10-22(23)26-28-24(29-33-26)18-12-14-20(31-2)15-13-18/h5-15,17H,3-4,16H2,1-2H3,(H,27,30). The van der Waals surface area contributed by atoms with Gasteiger partial charge in [0.05, 0.1) is 25.0 Å². The molecular weight excluding hydrogens is 418 g/mol. The number of carbonyl (C=O) groups is 1. The van der Waals surface area contributed by atoms with E-state index >= 15 is 0 Å². The molecule has 0 saturated carbocycles. The highest BCUT2D eigenvalue weighted by molar-refractivity contribution is 6.06. The summed E-state index contributed by atoms with van der Waals surface area (Å²) in [6, 6.07) is 21.8. The van der Waals surface area contributed by atoms with Gasteiger partial charge in [-0.2, -0.15) is 4.98 Å². The average molecular weight is 444 g/mol. The van der Waals surface area contributed by atoms with Gasteiger partial charge in [0.1, 0.15) is 11.5 Å². The molecule has 0 aliphatic carbocycles. The van der Waals surface area contributed by atoms with Crippen molar-refractivity contribution in [1.82, 2.24) is 10.1 Å². The van der Waals surface area contributed by atoms with E-state index in [9.17, 15) is 4.79 Å². The number of anilines is 1. The SMILES string of the molecule is CCCCOc1cccc(C(=O)Nc2ccccc2-c2nc(-c3ccc(OC)cc3)no2)c1. The molecule has 0 aliphatic heterocycles. The first kappa shape index (κ1) is 22.1. The van der Waals surface area contributed by atoms with Crippen molar-refractivity contribution in [2.45, 2.75) is 19.8 Å². The second-order valence-electron chi connectivity index (χ2n) is 7.38. The van der Waals surface area contributed by atoms with Crippen LogP contribution in [0, 0.1) is 0 Å². The minimum Gasteiger partial charge on any atom is -0.497 e. The molecule has 1 amide bonds. The second kappa shape index (κ2) is 10.5. The summed E-state index contributed by atoms with van der Waals surface area (Å²) in [5.74, 6) is 1.93. The number of methoxy groups -OCH3 is 1. The predicted molar refractivity (Wildman–Crippen MR) is 127 cm³/mol. The summed E-state index contributed by atoms with van der Waals surface area (Å²) < 4.78 is 16.4. The van der Waals surface area contributed by atoms with Gasteiger partial charge in [0, 0.05) is 11.1 Å². The van der Waals surface area contributed by atoms with Crippen LogP contribution in [0.2, 0.25) is 0 Å². The van der Waals surface area contributed by atoms with Crippen LogP contribution < -0.4 is 14.8 Å². The average Bonchev–Trinajstić information content (AvgIpc) is 3.35. The molecule has 0 atom stereocenters. The van der Waals surface area contributed by atoms with E-state index in [1.54, 1.807) is 31.4 Å². The van der Waals surface area contributed by atoms with Crippen molar-refractivity contribution in [3.63, 3.8) is 0 Å².